The van der Waals surface area contributed by atoms with Crippen LogP contribution in [0.15, 0.2) is 98.1 Å². The fraction of sp³-hybridized carbons (Fsp3) is 0.388. The van der Waals surface area contributed by atoms with E-state index < -0.39 is 6.23 Å². The van der Waals surface area contributed by atoms with Gasteiger partial charge in [0.05, 0.1) is 37.2 Å². The Morgan fingerprint density at radius 1 is 0.766 bits per heavy atom. The van der Waals surface area contributed by atoms with Crippen molar-refractivity contribution in [1.82, 2.24) is 39.1 Å². The summed E-state index contributed by atoms with van der Waals surface area (Å²) in [7, 11) is 1.65. The minimum Gasteiger partial charge on any atom is -0.382 e. The van der Waals surface area contributed by atoms with Gasteiger partial charge in [-0.25, -0.2) is 9.97 Å². The number of imidazole rings is 2. The van der Waals surface area contributed by atoms with Crippen LogP contribution in [-0.4, -0.2) is 129 Å². The van der Waals surface area contributed by atoms with Crippen LogP contribution in [0.1, 0.15) is 81.4 Å². The molecule has 9 rings (SSSR count). The van der Waals surface area contributed by atoms with Crippen molar-refractivity contribution < 1.29 is 33.8 Å². The Hall–Kier alpha value is -6.26. The molecule has 2 N–H and O–H groups in total. The fourth-order valence-electron chi connectivity index (χ4n) is 9.95. The lowest BCUT2D eigenvalue weighted by molar-refractivity contribution is -0.132. The van der Waals surface area contributed by atoms with Gasteiger partial charge in [0.1, 0.15) is 0 Å². The Morgan fingerprint density at radius 2 is 1.44 bits per heavy atom. The summed E-state index contributed by atoms with van der Waals surface area (Å²) in [6.07, 6.45) is 14.3. The Kier molecular flexibility index (Phi) is 12.9. The molecule has 4 aromatic carbocycles. The minimum absolute atomic E-state index is 0.00709. The van der Waals surface area contributed by atoms with Crippen molar-refractivity contribution in [3.8, 4) is 11.4 Å². The van der Waals surface area contributed by atoms with Crippen molar-refractivity contribution in [3.63, 3.8) is 0 Å². The van der Waals surface area contributed by atoms with Gasteiger partial charge in [-0.3, -0.25) is 24.1 Å². The van der Waals surface area contributed by atoms with Gasteiger partial charge in [0.25, 0.3) is 17.7 Å². The van der Waals surface area contributed by atoms with Gasteiger partial charge in [-0.2, -0.15) is 0 Å². The molecule has 3 unspecified atom stereocenters. The molecule has 2 aromatic heterocycles. The molecule has 4 heterocycles. The van der Waals surface area contributed by atoms with E-state index in [0.717, 1.165) is 53.2 Å². The first-order chi connectivity index (χ1) is 31.3. The highest BCUT2D eigenvalue weighted by atomic mass is 16.5. The number of amides is 4. The number of carbonyl (C=O) groups is 4. The first-order valence-corrected chi connectivity index (χ1v) is 22.3. The van der Waals surface area contributed by atoms with Gasteiger partial charge in [0, 0.05) is 121 Å². The molecule has 1 aliphatic carbocycles. The van der Waals surface area contributed by atoms with E-state index >= 15 is 0 Å². The molecule has 1 fully saturated rings. The fourth-order valence-corrected chi connectivity index (χ4v) is 9.95. The second kappa shape index (κ2) is 19.2. The van der Waals surface area contributed by atoms with E-state index in [1.807, 2.05) is 64.0 Å². The van der Waals surface area contributed by atoms with Crippen LogP contribution in [0.4, 0.5) is 0 Å². The lowest BCUT2D eigenvalue weighted by atomic mass is 9.90. The van der Waals surface area contributed by atoms with E-state index in [2.05, 4.69) is 15.3 Å². The molecule has 0 saturated heterocycles. The Morgan fingerprint density at radius 3 is 2.14 bits per heavy atom. The van der Waals surface area contributed by atoms with Crippen molar-refractivity contribution in [1.29, 1.82) is 0 Å². The zero-order valence-corrected chi connectivity index (χ0v) is 36.1. The van der Waals surface area contributed by atoms with Crippen LogP contribution in [0.5, 0.6) is 0 Å². The van der Waals surface area contributed by atoms with Crippen LogP contribution in [0.25, 0.3) is 32.9 Å². The molecule has 6 aromatic rings. The number of aliphatic hydroxyl groups is 1. The first kappa shape index (κ1) is 43.0. The smallest absolute Gasteiger partial charge is 0.261 e. The summed E-state index contributed by atoms with van der Waals surface area (Å²) in [4.78, 5) is 69.1. The number of ether oxygens (including phenoxy) is 2. The number of benzene rings is 4. The molecule has 0 bridgehead atoms. The molecule has 0 radical (unpaired) electrons. The van der Waals surface area contributed by atoms with Crippen molar-refractivity contribution in [3.05, 3.63) is 120 Å². The molecule has 332 valence electrons. The number of aromatic nitrogens is 4. The van der Waals surface area contributed by atoms with Gasteiger partial charge in [-0.05, 0) is 68.0 Å². The lowest BCUT2D eigenvalue weighted by Crippen LogP contribution is -2.46. The van der Waals surface area contributed by atoms with Crippen LogP contribution in [0.2, 0.25) is 0 Å². The molecule has 15 heteroatoms. The van der Waals surface area contributed by atoms with Crippen molar-refractivity contribution >= 4 is 45.2 Å². The lowest BCUT2D eigenvalue weighted by Gasteiger charge is -2.34. The highest BCUT2D eigenvalue weighted by Crippen LogP contribution is 2.39. The zero-order chi connectivity index (χ0) is 44.2. The van der Waals surface area contributed by atoms with Crippen LogP contribution in [-0.2, 0) is 14.3 Å². The van der Waals surface area contributed by atoms with Crippen molar-refractivity contribution in [2.24, 2.45) is 11.8 Å². The van der Waals surface area contributed by atoms with Gasteiger partial charge in [-0.1, -0.05) is 43.2 Å². The molecule has 1 saturated carbocycles. The summed E-state index contributed by atoms with van der Waals surface area (Å²) in [5.74, 6) is -0.373. The SMILES string of the molecule is COCCOCCC1CCCC1CC(=O)N(CCCNCCN1C(=O)c2cccc3c(-n4ccnc4)ccc(c23)C1O)CCN1C(=O)c2cccc3c(-n4ccnc4)ccc(c23)C1=O. The Labute approximate surface area is 371 Å². The average molecular weight is 867 g/mol. The van der Waals surface area contributed by atoms with Gasteiger partial charge in [-0.15, -0.1) is 0 Å². The van der Waals surface area contributed by atoms with E-state index in [0.29, 0.717) is 85.9 Å². The molecule has 3 aliphatic rings. The van der Waals surface area contributed by atoms with Crippen molar-refractivity contribution in [2.45, 2.75) is 44.8 Å². The average Bonchev–Trinajstić information content (AvgIpc) is 4.13. The number of methoxy groups -OCH3 is 1. The first-order valence-electron chi connectivity index (χ1n) is 22.3. The maximum atomic E-state index is 14.2. The molecular formula is C49H54N8O7. The van der Waals surface area contributed by atoms with Crippen LogP contribution < -0.4 is 5.32 Å². The van der Waals surface area contributed by atoms with E-state index in [-0.39, 0.29) is 49.2 Å². The van der Waals surface area contributed by atoms with E-state index in [1.54, 1.807) is 55.3 Å². The van der Waals surface area contributed by atoms with E-state index in [4.69, 9.17) is 9.47 Å². The number of nitrogens with one attached hydrogen (secondary N) is 1. The number of nitrogens with zero attached hydrogens (tertiary/aromatic N) is 7. The summed E-state index contributed by atoms with van der Waals surface area (Å²) < 4.78 is 14.6. The van der Waals surface area contributed by atoms with Gasteiger partial charge in [0.2, 0.25) is 5.91 Å². The third-order valence-corrected chi connectivity index (χ3v) is 13.2. The second-order valence-corrected chi connectivity index (χ2v) is 16.9. The standard InChI is InChI=1S/C49H54N8O7/c1-63-28-29-64-27-16-33-6-2-7-34(33)30-43(58)53(25-26-57-47(60)38-11-4-9-36-42(55-23-19-52-32-55)15-13-40(45(36)38)49(57)62)21-5-17-50-20-24-56-46(59)37-10-3-8-35-41(54-22-18-51-31-54)14-12-39(44(35)37)48(56)61/h3-4,8-15,18-19,22-23,31-34,48,50,61H,2,5-7,16-17,20-21,24-30H2,1H3. The van der Waals surface area contributed by atoms with E-state index in [1.165, 1.54) is 9.80 Å². The molecule has 64 heavy (non-hydrogen) atoms. The third kappa shape index (κ3) is 8.43. The zero-order valence-electron chi connectivity index (χ0n) is 36.1. The molecule has 0 spiro atoms. The molecule has 4 amide bonds. The maximum Gasteiger partial charge on any atom is 0.261 e. The monoisotopic (exact) mass is 866 g/mol. The highest BCUT2D eigenvalue weighted by Gasteiger charge is 2.36. The van der Waals surface area contributed by atoms with Crippen molar-refractivity contribution in [2.75, 3.05) is 66.2 Å². The summed E-state index contributed by atoms with van der Waals surface area (Å²) in [6, 6.07) is 18.6. The molecule has 3 atom stereocenters. The summed E-state index contributed by atoms with van der Waals surface area (Å²) >= 11 is 0. The summed E-state index contributed by atoms with van der Waals surface area (Å²) in [6.45, 7) is 3.64. The topological polar surface area (TPSA) is 164 Å². The second-order valence-electron chi connectivity index (χ2n) is 16.9. The number of hydrogen-bond donors (Lipinski definition) is 2. The largest absolute Gasteiger partial charge is 0.382 e. The Balaban J connectivity index is 0.847. The summed E-state index contributed by atoms with van der Waals surface area (Å²) in [5, 5.41) is 17.9. The minimum atomic E-state index is -1.11. The van der Waals surface area contributed by atoms with Gasteiger partial charge in [0.15, 0.2) is 6.23 Å². The number of aliphatic hydroxyl groups excluding tert-OH is 1. The summed E-state index contributed by atoms with van der Waals surface area (Å²) in [5.41, 5.74) is 3.83. The van der Waals surface area contributed by atoms with Gasteiger partial charge < -0.3 is 38.8 Å². The Bertz CT molecular complexity index is 2630. The van der Waals surface area contributed by atoms with Crippen LogP contribution in [0.3, 0.4) is 0 Å². The van der Waals surface area contributed by atoms with E-state index in [9.17, 15) is 24.3 Å². The quantitative estimate of drug-likeness (QED) is 0.0711. The third-order valence-electron chi connectivity index (χ3n) is 13.2. The predicted molar refractivity (Wildman–Crippen MR) is 240 cm³/mol. The molecular weight excluding hydrogens is 813 g/mol. The number of imide groups is 1. The number of carbonyl (C=O) groups excluding carboxylic acids is 4. The van der Waals surface area contributed by atoms with Crippen LogP contribution >= 0.6 is 0 Å². The maximum absolute atomic E-state index is 14.2. The molecule has 2 aliphatic heterocycles. The number of rotatable bonds is 20. The highest BCUT2D eigenvalue weighted by molar-refractivity contribution is 6.26. The normalized spacial score (nSPS) is 18.2. The molecule has 15 nitrogen and oxygen atoms in total. The van der Waals surface area contributed by atoms with Gasteiger partial charge >= 0.3 is 0 Å². The van der Waals surface area contributed by atoms with Crippen LogP contribution in [0, 0.1) is 11.8 Å². The number of hydrogen-bond acceptors (Lipinski definition) is 10. The predicted octanol–water partition coefficient (Wildman–Crippen LogP) is 5.78.